The van der Waals surface area contributed by atoms with Crippen molar-refractivity contribution in [2.45, 2.75) is 13.0 Å². The Hall–Kier alpha value is -1.71. The van der Waals surface area contributed by atoms with Crippen LogP contribution in [-0.2, 0) is 0 Å². The molecular formula is C10H12N2O2. The highest BCUT2D eigenvalue weighted by atomic mass is 16.3. The van der Waals surface area contributed by atoms with E-state index in [1.165, 1.54) is 0 Å². The third-order valence-electron chi connectivity index (χ3n) is 2.40. The maximum Gasteiger partial charge on any atom is 0.315 e. The highest BCUT2D eigenvalue weighted by Gasteiger charge is 2.21. The summed E-state index contributed by atoms with van der Waals surface area (Å²) < 4.78 is 0. The third kappa shape index (κ3) is 1.51. The van der Waals surface area contributed by atoms with Crippen molar-refractivity contribution >= 4 is 6.03 Å². The van der Waals surface area contributed by atoms with E-state index in [1.807, 2.05) is 19.1 Å². The topological polar surface area (TPSA) is 61.4 Å². The van der Waals surface area contributed by atoms with E-state index in [-0.39, 0.29) is 17.8 Å². The highest BCUT2D eigenvalue weighted by molar-refractivity contribution is 5.76. The molecule has 0 aliphatic carbocycles. The van der Waals surface area contributed by atoms with Crippen molar-refractivity contribution in [1.82, 2.24) is 10.6 Å². The van der Waals surface area contributed by atoms with Crippen LogP contribution in [0.4, 0.5) is 4.79 Å². The van der Waals surface area contributed by atoms with Gasteiger partial charge in [-0.2, -0.15) is 0 Å². The Labute approximate surface area is 81.9 Å². The molecule has 14 heavy (non-hydrogen) atoms. The van der Waals surface area contributed by atoms with Crippen LogP contribution in [0.2, 0.25) is 0 Å². The average molecular weight is 192 g/mol. The third-order valence-corrected chi connectivity index (χ3v) is 2.40. The minimum absolute atomic E-state index is 0.0156. The first kappa shape index (κ1) is 8.87. The molecule has 2 amide bonds. The summed E-state index contributed by atoms with van der Waals surface area (Å²) in [6.07, 6.45) is 0. The number of amides is 2. The number of rotatable bonds is 1. The SMILES string of the molecule is Cc1cc([C@H]2CNC(=O)N2)ccc1O. The molecule has 74 valence electrons. The van der Waals surface area contributed by atoms with E-state index in [2.05, 4.69) is 10.6 Å². The second kappa shape index (κ2) is 3.21. The first-order valence-corrected chi connectivity index (χ1v) is 4.50. The number of nitrogens with one attached hydrogen (secondary N) is 2. The van der Waals surface area contributed by atoms with Gasteiger partial charge in [0.25, 0.3) is 0 Å². The van der Waals surface area contributed by atoms with Gasteiger partial charge in [0.05, 0.1) is 6.04 Å². The number of carbonyl (C=O) groups excluding carboxylic acids is 1. The van der Waals surface area contributed by atoms with Gasteiger partial charge in [0.2, 0.25) is 0 Å². The summed E-state index contributed by atoms with van der Waals surface area (Å²) in [5.41, 5.74) is 1.84. The van der Waals surface area contributed by atoms with Crippen molar-refractivity contribution in [3.05, 3.63) is 29.3 Å². The van der Waals surface area contributed by atoms with Gasteiger partial charge < -0.3 is 15.7 Å². The maximum absolute atomic E-state index is 10.9. The van der Waals surface area contributed by atoms with Crippen LogP contribution in [0.1, 0.15) is 17.2 Å². The molecule has 2 rings (SSSR count). The summed E-state index contributed by atoms with van der Waals surface area (Å²) in [4.78, 5) is 10.9. The van der Waals surface area contributed by atoms with Gasteiger partial charge >= 0.3 is 6.03 Å². The predicted octanol–water partition coefficient (Wildman–Crippen LogP) is 1.05. The monoisotopic (exact) mass is 192 g/mol. The standard InChI is InChI=1S/C10H12N2O2/c1-6-4-7(2-3-9(6)13)8-5-11-10(14)12-8/h2-4,8,13H,5H2,1H3,(H2,11,12,14)/t8-/m1/s1. The van der Waals surface area contributed by atoms with Crippen LogP contribution in [-0.4, -0.2) is 17.7 Å². The number of phenols is 1. The van der Waals surface area contributed by atoms with Crippen LogP contribution in [0.5, 0.6) is 5.75 Å². The number of urea groups is 1. The van der Waals surface area contributed by atoms with Crippen LogP contribution in [0, 0.1) is 6.92 Å². The van der Waals surface area contributed by atoms with Crippen molar-refractivity contribution in [1.29, 1.82) is 0 Å². The lowest BCUT2D eigenvalue weighted by Gasteiger charge is -2.10. The molecule has 1 atom stereocenters. The Morgan fingerprint density at radius 1 is 1.50 bits per heavy atom. The summed E-state index contributed by atoms with van der Waals surface area (Å²) in [7, 11) is 0. The quantitative estimate of drug-likeness (QED) is 0.623. The van der Waals surface area contributed by atoms with Gasteiger partial charge in [-0.1, -0.05) is 12.1 Å². The van der Waals surface area contributed by atoms with Gasteiger partial charge in [-0.05, 0) is 24.1 Å². The van der Waals surface area contributed by atoms with Crippen molar-refractivity contribution in [3.8, 4) is 5.75 Å². The number of benzene rings is 1. The van der Waals surface area contributed by atoms with E-state index in [4.69, 9.17) is 0 Å². The number of hydrogen-bond donors (Lipinski definition) is 3. The zero-order chi connectivity index (χ0) is 10.1. The Morgan fingerprint density at radius 2 is 2.29 bits per heavy atom. The Balaban J connectivity index is 2.24. The second-order valence-electron chi connectivity index (χ2n) is 3.45. The van der Waals surface area contributed by atoms with Crippen LogP contribution >= 0.6 is 0 Å². The normalized spacial score (nSPS) is 20.4. The Bertz CT molecular complexity index is 376. The average Bonchev–Trinajstić information content (AvgIpc) is 2.57. The smallest absolute Gasteiger partial charge is 0.315 e. The molecule has 1 fully saturated rings. The molecule has 0 saturated carbocycles. The molecule has 4 heteroatoms. The van der Waals surface area contributed by atoms with Crippen molar-refractivity contribution in [2.75, 3.05) is 6.54 Å². The van der Waals surface area contributed by atoms with Gasteiger partial charge in [-0.3, -0.25) is 0 Å². The molecule has 0 unspecified atom stereocenters. The molecular weight excluding hydrogens is 180 g/mol. The fraction of sp³-hybridized carbons (Fsp3) is 0.300. The first-order chi connectivity index (χ1) is 6.66. The molecule has 1 heterocycles. The summed E-state index contributed by atoms with van der Waals surface area (Å²) in [6, 6.07) is 5.23. The zero-order valence-electron chi connectivity index (χ0n) is 7.87. The van der Waals surface area contributed by atoms with E-state index in [0.29, 0.717) is 6.54 Å². The van der Waals surface area contributed by atoms with Gasteiger partial charge in [-0.25, -0.2) is 4.79 Å². The fourth-order valence-corrected chi connectivity index (χ4v) is 1.55. The number of carbonyl (C=O) groups is 1. The summed E-state index contributed by atoms with van der Waals surface area (Å²) in [5, 5.41) is 14.8. The largest absolute Gasteiger partial charge is 0.508 e. The summed E-state index contributed by atoms with van der Waals surface area (Å²) >= 11 is 0. The zero-order valence-corrected chi connectivity index (χ0v) is 7.87. The van der Waals surface area contributed by atoms with E-state index < -0.39 is 0 Å². The molecule has 0 spiro atoms. The van der Waals surface area contributed by atoms with E-state index in [9.17, 15) is 9.90 Å². The molecule has 1 aliphatic rings. The number of aryl methyl sites for hydroxylation is 1. The molecule has 1 aromatic carbocycles. The fourth-order valence-electron chi connectivity index (χ4n) is 1.55. The van der Waals surface area contributed by atoms with E-state index >= 15 is 0 Å². The molecule has 3 N–H and O–H groups in total. The predicted molar refractivity (Wildman–Crippen MR) is 52.1 cm³/mol. The lowest BCUT2D eigenvalue weighted by molar-refractivity contribution is 0.247. The van der Waals surface area contributed by atoms with Gasteiger partial charge in [0, 0.05) is 6.54 Å². The number of aromatic hydroxyl groups is 1. The first-order valence-electron chi connectivity index (χ1n) is 4.50. The number of phenolic OH excluding ortho intramolecular Hbond substituents is 1. The van der Waals surface area contributed by atoms with Gasteiger partial charge in [0.15, 0.2) is 0 Å². The molecule has 4 nitrogen and oxygen atoms in total. The maximum atomic E-state index is 10.9. The van der Waals surface area contributed by atoms with E-state index in [1.54, 1.807) is 6.07 Å². The molecule has 1 aromatic rings. The van der Waals surface area contributed by atoms with Crippen molar-refractivity contribution in [2.24, 2.45) is 0 Å². The molecule has 0 bridgehead atoms. The van der Waals surface area contributed by atoms with Crippen LogP contribution in [0.3, 0.4) is 0 Å². The highest BCUT2D eigenvalue weighted by Crippen LogP contribution is 2.22. The molecule has 1 saturated heterocycles. The van der Waals surface area contributed by atoms with Crippen molar-refractivity contribution < 1.29 is 9.90 Å². The molecule has 0 radical (unpaired) electrons. The minimum Gasteiger partial charge on any atom is -0.508 e. The lowest BCUT2D eigenvalue weighted by Crippen LogP contribution is -2.21. The van der Waals surface area contributed by atoms with Gasteiger partial charge in [0.1, 0.15) is 5.75 Å². The van der Waals surface area contributed by atoms with Crippen LogP contribution in [0.25, 0.3) is 0 Å². The Kier molecular flexibility index (Phi) is 2.04. The second-order valence-corrected chi connectivity index (χ2v) is 3.45. The Morgan fingerprint density at radius 3 is 2.86 bits per heavy atom. The van der Waals surface area contributed by atoms with Crippen LogP contribution < -0.4 is 10.6 Å². The van der Waals surface area contributed by atoms with Crippen molar-refractivity contribution in [3.63, 3.8) is 0 Å². The number of hydrogen-bond acceptors (Lipinski definition) is 2. The van der Waals surface area contributed by atoms with E-state index in [0.717, 1.165) is 11.1 Å². The minimum atomic E-state index is -0.138. The lowest BCUT2D eigenvalue weighted by atomic mass is 10.0. The summed E-state index contributed by atoms with van der Waals surface area (Å²) in [6.45, 7) is 2.44. The molecule has 0 aromatic heterocycles. The summed E-state index contributed by atoms with van der Waals surface area (Å²) in [5.74, 6) is 0.283. The van der Waals surface area contributed by atoms with Gasteiger partial charge in [-0.15, -0.1) is 0 Å². The molecule has 1 aliphatic heterocycles. The van der Waals surface area contributed by atoms with Crippen LogP contribution in [0.15, 0.2) is 18.2 Å².